The molecule has 3 nitrogen and oxygen atoms in total. The number of hydrogen-bond donors (Lipinski definition) is 1. The van der Waals surface area contributed by atoms with E-state index < -0.39 is 0 Å². The lowest BCUT2D eigenvalue weighted by molar-refractivity contribution is 0.297. The molecule has 1 aliphatic rings. The molecule has 1 N–H and O–H groups in total. The van der Waals surface area contributed by atoms with E-state index in [0.717, 1.165) is 30.8 Å². The van der Waals surface area contributed by atoms with Crippen LogP contribution in [0.2, 0.25) is 5.02 Å². The third-order valence-corrected chi connectivity index (χ3v) is 4.28. The van der Waals surface area contributed by atoms with Gasteiger partial charge in [0.25, 0.3) is 0 Å². The highest BCUT2D eigenvalue weighted by Gasteiger charge is 2.15. The van der Waals surface area contributed by atoms with Gasteiger partial charge in [-0.1, -0.05) is 18.5 Å². The van der Waals surface area contributed by atoms with E-state index in [1.807, 2.05) is 23.9 Å². The standard InChI is InChI=1S/C14H20ClNO2S/c1-10(19-2)8-16-9-11-6-12(15)14-13(7-11)17-4-3-5-18-14/h6-7,10,16H,3-5,8-9H2,1-2H3. The lowest BCUT2D eigenvalue weighted by Crippen LogP contribution is -2.22. The van der Waals surface area contributed by atoms with Gasteiger partial charge < -0.3 is 14.8 Å². The van der Waals surface area contributed by atoms with Gasteiger partial charge in [-0.2, -0.15) is 11.8 Å². The minimum absolute atomic E-state index is 0.607. The predicted octanol–water partition coefficient (Wildman–Crippen LogP) is 3.34. The molecule has 0 bridgehead atoms. The first-order valence-corrected chi connectivity index (χ1v) is 8.19. The Hall–Kier alpha value is -0.580. The zero-order chi connectivity index (χ0) is 13.7. The molecule has 0 amide bonds. The largest absolute Gasteiger partial charge is 0.489 e. The van der Waals surface area contributed by atoms with Gasteiger partial charge in [0.05, 0.1) is 18.2 Å². The van der Waals surface area contributed by atoms with Gasteiger partial charge in [0.1, 0.15) is 0 Å². The molecule has 0 saturated carbocycles. The van der Waals surface area contributed by atoms with Crippen LogP contribution in [0.3, 0.4) is 0 Å². The quantitative estimate of drug-likeness (QED) is 0.903. The molecule has 1 aliphatic heterocycles. The van der Waals surface area contributed by atoms with Crippen molar-refractivity contribution in [3.05, 3.63) is 22.7 Å². The smallest absolute Gasteiger partial charge is 0.179 e. The van der Waals surface area contributed by atoms with Gasteiger partial charge in [0.15, 0.2) is 11.5 Å². The van der Waals surface area contributed by atoms with Crippen LogP contribution in [0.15, 0.2) is 12.1 Å². The molecule has 0 saturated heterocycles. The molecule has 1 unspecified atom stereocenters. The van der Waals surface area contributed by atoms with Crippen LogP contribution in [0.25, 0.3) is 0 Å². The Morgan fingerprint density at radius 2 is 2.16 bits per heavy atom. The van der Waals surface area contributed by atoms with Crippen LogP contribution < -0.4 is 14.8 Å². The predicted molar refractivity (Wildman–Crippen MR) is 81.7 cm³/mol. The Bertz CT molecular complexity index is 428. The molecule has 2 rings (SSSR count). The lowest BCUT2D eigenvalue weighted by atomic mass is 10.2. The van der Waals surface area contributed by atoms with Gasteiger partial charge in [0, 0.05) is 24.8 Å². The zero-order valence-electron chi connectivity index (χ0n) is 11.4. The van der Waals surface area contributed by atoms with Crippen LogP contribution in [-0.2, 0) is 6.54 Å². The minimum Gasteiger partial charge on any atom is -0.489 e. The van der Waals surface area contributed by atoms with Gasteiger partial charge in [0.2, 0.25) is 0 Å². The highest BCUT2D eigenvalue weighted by molar-refractivity contribution is 7.99. The number of benzene rings is 1. The van der Waals surface area contributed by atoms with Crippen molar-refractivity contribution in [3.63, 3.8) is 0 Å². The van der Waals surface area contributed by atoms with Crippen molar-refractivity contribution in [2.45, 2.75) is 25.1 Å². The van der Waals surface area contributed by atoms with E-state index in [1.54, 1.807) is 0 Å². The molecule has 1 atom stereocenters. The van der Waals surface area contributed by atoms with Crippen molar-refractivity contribution < 1.29 is 9.47 Å². The fraction of sp³-hybridized carbons (Fsp3) is 0.571. The second-order valence-corrected chi connectivity index (χ2v) is 6.32. The summed E-state index contributed by atoms with van der Waals surface area (Å²) in [5.41, 5.74) is 1.13. The first kappa shape index (κ1) is 14.8. The van der Waals surface area contributed by atoms with E-state index in [1.165, 1.54) is 0 Å². The summed E-state index contributed by atoms with van der Waals surface area (Å²) in [7, 11) is 0. The number of rotatable bonds is 5. The maximum Gasteiger partial charge on any atom is 0.179 e. The Morgan fingerprint density at radius 3 is 2.95 bits per heavy atom. The minimum atomic E-state index is 0.607. The van der Waals surface area contributed by atoms with Crippen LogP contribution in [0.1, 0.15) is 18.9 Å². The zero-order valence-corrected chi connectivity index (χ0v) is 12.9. The molecule has 1 aromatic rings. The summed E-state index contributed by atoms with van der Waals surface area (Å²) in [6.45, 7) is 5.33. The highest BCUT2D eigenvalue weighted by atomic mass is 35.5. The van der Waals surface area contributed by atoms with Crippen LogP contribution >= 0.6 is 23.4 Å². The molecule has 5 heteroatoms. The molecule has 0 spiro atoms. The van der Waals surface area contributed by atoms with Gasteiger partial charge >= 0.3 is 0 Å². The summed E-state index contributed by atoms with van der Waals surface area (Å²) in [5.74, 6) is 1.44. The SMILES string of the molecule is CSC(C)CNCc1cc(Cl)c2c(c1)OCCCO2. The number of ether oxygens (including phenoxy) is 2. The summed E-state index contributed by atoms with van der Waals surface area (Å²) in [4.78, 5) is 0. The van der Waals surface area contributed by atoms with Crippen LogP contribution in [0.5, 0.6) is 11.5 Å². The van der Waals surface area contributed by atoms with E-state index in [4.69, 9.17) is 21.1 Å². The number of nitrogens with one attached hydrogen (secondary N) is 1. The molecule has 0 aromatic heterocycles. The van der Waals surface area contributed by atoms with Gasteiger partial charge in [-0.05, 0) is 24.0 Å². The first-order chi connectivity index (χ1) is 9.20. The summed E-state index contributed by atoms with van der Waals surface area (Å²) >= 11 is 8.11. The maximum absolute atomic E-state index is 6.25. The molecular formula is C14H20ClNO2S. The molecule has 19 heavy (non-hydrogen) atoms. The lowest BCUT2D eigenvalue weighted by Gasteiger charge is -2.13. The first-order valence-electron chi connectivity index (χ1n) is 6.52. The number of thioether (sulfide) groups is 1. The van der Waals surface area contributed by atoms with E-state index in [2.05, 4.69) is 18.5 Å². The Morgan fingerprint density at radius 1 is 1.37 bits per heavy atom. The summed E-state index contributed by atoms with van der Waals surface area (Å²) < 4.78 is 11.3. The highest BCUT2D eigenvalue weighted by Crippen LogP contribution is 2.37. The second kappa shape index (κ2) is 7.27. The molecule has 0 aliphatic carbocycles. The Kier molecular flexibility index (Phi) is 5.67. The van der Waals surface area contributed by atoms with Crippen molar-refractivity contribution in [2.24, 2.45) is 0 Å². The molecular weight excluding hydrogens is 282 g/mol. The van der Waals surface area contributed by atoms with Crippen molar-refractivity contribution in [3.8, 4) is 11.5 Å². The third kappa shape index (κ3) is 4.20. The van der Waals surface area contributed by atoms with Crippen molar-refractivity contribution in [2.75, 3.05) is 26.0 Å². The van der Waals surface area contributed by atoms with Gasteiger partial charge in [-0.15, -0.1) is 0 Å². The third-order valence-electron chi connectivity index (χ3n) is 3.03. The molecule has 1 heterocycles. The summed E-state index contributed by atoms with van der Waals surface area (Å²) in [6.07, 6.45) is 3.01. The van der Waals surface area contributed by atoms with Crippen LogP contribution in [-0.4, -0.2) is 31.3 Å². The topological polar surface area (TPSA) is 30.5 Å². The van der Waals surface area contributed by atoms with Gasteiger partial charge in [-0.25, -0.2) is 0 Å². The van der Waals surface area contributed by atoms with E-state index in [0.29, 0.717) is 29.2 Å². The number of fused-ring (bicyclic) bond motifs is 1. The van der Waals surface area contributed by atoms with Crippen LogP contribution in [0.4, 0.5) is 0 Å². The van der Waals surface area contributed by atoms with E-state index in [-0.39, 0.29) is 0 Å². The molecule has 1 aromatic carbocycles. The average Bonchev–Trinajstić information content (AvgIpc) is 2.64. The molecule has 0 fully saturated rings. The van der Waals surface area contributed by atoms with Crippen molar-refractivity contribution in [1.29, 1.82) is 0 Å². The Balaban J connectivity index is 2.02. The van der Waals surface area contributed by atoms with E-state index in [9.17, 15) is 0 Å². The second-order valence-electron chi connectivity index (χ2n) is 4.63. The van der Waals surface area contributed by atoms with E-state index >= 15 is 0 Å². The fourth-order valence-corrected chi connectivity index (χ4v) is 2.46. The molecule has 0 radical (unpaired) electrons. The number of hydrogen-bond acceptors (Lipinski definition) is 4. The maximum atomic E-state index is 6.25. The number of halogens is 1. The summed E-state index contributed by atoms with van der Waals surface area (Å²) in [5, 5.41) is 4.67. The average molecular weight is 302 g/mol. The van der Waals surface area contributed by atoms with Crippen molar-refractivity contribution >= 4 is 23.4 Å². The monoisotopic (exact) mass is 301 g/mol. The molecule has 106 valence electrons. The fourth-order valence-electron chi connectivity index (χ4n) is 1.89. The Labute approximate surface area is 124 Å². The van der Waals surface area contributed by atoms with Gasteiger partial charge in [-0.3, -0.25) is 0 Å². The van der Waals surface area contributed by atoms with Crippen molar-refractivity contribution in [1.82, 2.24) is 5.32 Å². The van der Waals surface area contributed by atoms with Crippen LogP contribution in [0, 0.1) is 0 Å². The summed E-state index contributed by atoms with van der Waals surface area (Å²) in [6, 6.07) is 3.97. The normalized spacial score (nSPS) is 15.9.